The molecular formula is C18H28N4P2. The molecule has 0 fully saturated rings. The van der Waals surface area contributed by atoms with E-state index in [1.807, 2.05) is 24.5 Å². The Morgan fingerprint density at radius 2 is 1.08 bits per heavy atom. The second-order valence-electron chi connectivity index (χ2n) is 7.88. The smallest absolute Gasteiger partial charge is 0.147 e. The van der Waals surface area contributed by atoms with Gasteiger partial charge in [-0.05, 0) is 41.6 Å². The fourth-order valence-corrected chi connectivity index (χ4v) is 4.25. The van der Waals surface area contributed by atoms with Crippen LogP contribution < -0.4 is 11.1 Å². The second-order valence-corrected chi connectivity index (χ2v) is 10.5. The molecule has 0 radical (unpaired) electrons. The first-order chi connectivity index (χ1) is 11.2. The van der Waals surface area contributed by atoms with Crippen molar-refractivity contribution in [3.63, 3.8) is 0 Å². The molecule has 2 aromatic rings. The van der Waals surface area contributed by atoms with Gasteiger partial charge in [0.25, 0.3) is 0 Å². The monoisotopic (exact) mass is 362 g/mol. The SMILES string of the molecule is CC(C)(C)c1ccnc(PCCPc2nccc(C(C)(C)C)n2)n1. The number of aromatic nitrogens is 4. The van der Waals surface area contributed by atoms with Gasteiger partial charge in [0.05, 0.1) is 0 Å². The molecule has 0 aliphatic rings. The van der Waals surface area contributed by atoms with Crippen molar-refractivity contribution in [3.05, 3.63) is 35.9 Å². The van der Waals surface area contributed by atoms with E-state index in [0.29, 0.717) is 17.2 Å². The summed E-state index contributed by atoms with van der Waals surface area (Å²) in [5, 5.41) is 0. The lowest BCUT2D eigenvalue weighted by molar-refractivity contribution is 0.569. The van der Waals surface area contributed by atoms with E-state index in [-0.39, 0.29) is 10.8 Å². The normalized spacial score (nSPS) is 13.4. The van der Waals surface area contributed by atoms with E-state index >= 15 is 0 Å². The summed E-state index contributed by atoms with van der Waals surface area (Å²) < 4.78 is 0. The summed E-state index contributed by atoms with van der Waals surface area (Å²) in [7, 11) is 1.29. The van der Waals surface area contributed by atoms with E-state index in [0.717, 1.165) is 34.8 Å². The summed E-state index contributed by atoms with van der Waals surface area (Å²) in [5.41, 5.74) is 4.32. The molecule has 0 aliphatic carbocycles. The fraction of sp³-hybridized carbons (Fsp3) is 0.556. The molecule has 0 aromatic carbocycles. The third kappa shape index (κ3) is 5.83. The Hall–Kier alpha value is -0.980. The lowest BCUT2D eigenvalue weighted by atomic mass is 9.92. The summed E-state index contributed by atoms with van der Waals surface area (Å²) >= 11 is 0. The highest BCUT2D eigenvalue weighted by molar-refractivity contribution is 7.50. The molecule has 2 rings (SSSR count). The van der Waals surface area contributed by atoms with Gasteiger partial charge in [-0.15, -0.1) is 0 Å². The standard InChI is InChI=1S/C18H28N4P2/c1-17(2,3)13-7-9-19-15(21-13)23-11-12-24-16-20-10-8-14(22-16)18(4,5)6/h7-10,23-24H,11-12H2,1-6H3. The van der Waals surface area contributed by atoms with Crippen LogP contribution in [0.25, 0.3) is 0 Å². The first-order valence-electron chi connectivity index (χ1n) is 8.31. The lowest BCUT2D eigenvalue weighted by Crippen LogP contribution is -2.20. The van der Waals surface area contributed by atoms with E-state index in [2.05, 4.69) is 51.5 Å². The highest BCUT2D eigenvalue weighted by atomic mass is 31.1. The third-order valence-corrected chi connectivity index (χ3v) is 6.15. The van der Waals surface area contributed by atoms with E-state index in [1.165, 1.54) is 0 Å². The summed E-state index contributed by atoms with van der Waals surface area (Å²) in [6.45, 7) is 13.1. The Morgan fingerprint density at radius 1 is 0.708 bits per heavy atom. The van der Waals surface area contributed by atoms with Crippen LogP contribution in [0.15, 0.2) is 24.5 Å². The third-order valence-electron chi connectivity index (χ3n) is 3.54. The quantitative estimate of drug-likeness (QED) is 0.606. The average molecular weight is 362 g/mol. The van der Waals surface area contributed by atoms with Crippen molar-refractivity contribution in [2.45, 2.75) is 52.4 Å². The predicted octanol–water partition coefficient (Wildman–Crippen LogP) is 3.17. The first kappa shape index (κ1) is 19.3. The summed E-state index contributed by atoms with van der Waals surface area (Å²) in [4.78, 5) is 18.2. The van der Waals surface area contributed by atoms with Gasteiger partial charge in [-0.25, -0.2) is 19.9 Å². The van der Waals surface area contributed by atoms with Crippen LogP contribution in [0.4, 0.5) is 0 Å². The number of rotatable bonds is 5. The highest BCUT2D eigenvalue weighted by Crippen LogP contribution is 2.21. The number of hydrogen-bond donors (Lipinski definition) is 0. The minimum atomic E-state index is 0.0746. The molecule has 0 amide bonds. The van der Waals surface area contributed by atoms with Crippen LogP contribution in [-0.4, -0.2) is 32.3 Å². The van der Waals surface area contributed by atoms with Crippen molar-refractivity contribution in [2.75, 3.05) is 12.3 Å². The molecule has 6 heteroatoms. The van der Waals surface area contributed by atoms with Crippen LogP contribution in [0.5, 0.6) is 0 Å². The first-order valence-corrected chi connectivity index (χ1v) is 10.7. The zero-order valence-corrected chi connectivity index (χ0v) is 17.5. The van der Waals surface area contributed by atoms with Gasteiger partial charge in [0.15, 0.2) is 0 Å². The van der Waals surface area contributed by atoms with Gasteiger partial charge in [0.2, 0.25) is 0 Å². The van der Waals surface area contributed by atoms with Crippen LogP contribution >= 0.6 is 17.2 Å². The molecule has 2 atom stereocenters. The molecule has 0 saturated carbocycles. The van der Waals surface area contributed by atoms with Crippen LogP contribution in [0.1, 0.15) is 52.9 Å². The molecule has 130 valence electrons. The van der Waals surface area contributed by atoms with Crippen molar-refractivity contribution >= 4 is 28.3 Å². The Morgan fingerprint density at radius 3 is 1.42 bits per heavy atom. The van der Waals surface area contributed by atoms with Gasteiger partial charge in [0.1, 0.15) is 11.1 Å². The largest absolute Gasteiger partial charge is 0.237 e. The van der Waals surface area contributed by atoms with Crippen molar-refractivity contribution in [3.8, 4) is 0 Å². The van der Waals surface area contributed by atoms with Gasteiger partial charge in [0, 0.05) is 34.6 Å². The van der Waals surface area contributed by atoms with E-state index in [9.17, 15) is 0 Å². The van der Waals surface area contributed by atoms with Gasteiger partial charge in [-0.3, -0.25) is 0 Å². The fourth-order valence-electron chi connectivity index (χ4n) is 2.07. The van der Waals surface area contributed by atoms with Crippen LogP contribution in [0.2, 0.25) is 0 Å². The zero-order chi connectivity index (χ0) is 17.8. The molecule has 0 saturated heterocycles. The molecule has 0 bridgehead atoms. The Balaban J connectivity index is 1.88. The minimum absolute atomic E-state index is 0.0746. The summed E-state index contributed by atoms with van der Waals surface area (Å²) in [5.74, 6) is 0. The van der Waals surface area contributed by atoms with Crippen LogP contribution in [0.3, 0.4) is 0 Å². The second kappa shape index (κ2) is 7.93. The average Bonchev–Trinajstić information content (AvgIpc) is 2.51. The molecule has 2 unspecified atom stereocenters. The van der Waals surface area contributed by atoms with Crippen molar-refractivity contribution in [2.24, 2.45) is 0 Å². The van der Waals surface area contributed by atoms with Gasteiger partial charge in [-0.1, -0.05) is 41.5 Å². The summed E-state index contributed by atoms with van der Waals surface area (Å²) in [6.07, 6.45) is 5.95. The lowest BCUT2D eigenvalue weighted by Gasteiger charge is -2.18. The molecular weight excluding hydrogens is 334 g/mol. The number of nitrogens with zero attached hydrogens (tertiary/aromatic N) is 4. The van der Waals surface area contributed by atoms with Gasteiger partial charge >= 0.3 is 0 Å². The molecule has 0 aliphatic heterocycles. The van der Waals surface area contributed by atoms with E-state index in [4.69, 9.17) is 9.97 Å². The van der Waals surface area contributed by atoms with Crippen LogP contribution in [0, 0.1) is 0 Å². The van der Waals surface area contributed by atoms with Crippen LogP contribution in [-0.2, 0) is 10.8 Å². The van der Waals surface area contributed by atoms with E-state index in [1.54, 1.807) is 0 Å². The Labute approximate surface area is 149 Å². The predicted molar refractivity (Wildman–Crippen MR) is 107 cm³/mol. The topological polar surface area (TPSA) is 51.6 Å². The maximum absolute atomic E-state index is 4.71. The molecule has 0 N–H and O–H groups in total. The number of hydrogen-bond acceptors (Lipinski definition) is 4. The Kier molecular flexibility index (Phi) is 6.39. The van der Waals surface area contributed by atoms with Gasteiger partial charge in [-0.2, -0.15) is 0 Å². The highest BCUT2D eigenvalue weighted by Gasteiger charge is 2.17. The minimum Gasteiger partial charge on any atom is -0.237 e. The van der Waals surface area contributed by atoms with Crippen molar-refractivity contribution in [1.82, 2.24) is 19.9 Å². The van der Waals surface area contributed by atoms with E-state index < -0.39 is 0 Å². The molecule has 24 heavy (non-hydrogen) atoms. The maximum atomic E-state index is 4.71. The summed E-state index contributed by atoms with van der Waals surface area (Å²) in [6, 6.07) is 4.03. The molecule has 0 spiro atoms. The maximum Gasteiger partial charge on any atom is 0.147 e. The van der Waals surface area contributed by atoms with Gasteiger partial charge < -0.3 is 0 Å². The Bertz CT molecular complexity index is 616. The van der Waals surface area contributed by atoms with Crippen molar-refractivity contribution in [1.29, 1.82) is 0 Å². The van der Waals surface area contributed by atoms with Crippen molar-refractivity contribution < 1.29 is 0 Å². The molecule has 4 nitrogen and oxygen atoms in total. The molecule has 2 aromatic heterocycles. The molecule has 2 heterocycles. The zero-order valence-electron chi connectivity index (χ0n) is 15.5.